The van der Waals surface area contributed by atoms with Gasteiger partial charge in [-0.3, -0.25) is 4.57 Å². The number of imidazole rings is 1. The fourth-order valence-electron chi connectivity index (χ4n) is 1.97. The Kier molecular flexibility index (Phi) is 3.14. The normalized spacial score (nSPS) is 11.7. The highest BCUT2D eigenvalue weighted by molar-refractivity contribution is 7.90. The number of benzene rings is 1. The van der Waals surface area contributed by atoms with E-state index < -0.39 is 15.8 Å². The van der Waals surface area contributed by atoms with Gasteiger partial charge in [-0.25, -0.2) is 28.2 Å². The van der Waals surface area contributed by atoms with Crippen molar-refractivity contribution in [3.63, 3.8) is 0 Å². The second kappa shape index (κ2) is 4.88. The monoisotopic (exact) mass is 318 g/mol. The first kappa shape index (κ1) is 14.1. The lowest BCUT2D eigenvalue weighted by Crippen LogP contribution is -2.07. The minimum Gasteiger partial charge on any atom is -0.478 e. The van der Waals surface area contributed by atoms with E-state index in [0.717, 1.165) is 6.26 Å². The minimum absolute atomic E-state index is 0.122. The molecule has 0 spiro atoms. The molecule has 1 aromatic carbocycles. The molecule has 1 N–H and O–H groups in total. The third-order valence-corrected chi connectivity index (χ3v) is 3.85. The number of aromatic carboxylic acids is 1. The first-order chi connectivity index (χ1) is 10.4. The van der Waals surface area contributed by atoms with Crippen molar-refractivity contribution < 1.29 is 18.3 Å². The maximum atomic E-state index is 11.5. The zero-order chi connectivity index (χ0) is 15.9. The van der Waals surface area contributed by atoms with Crippen LogP contribution in [0.25, 0.3) is 16.9 Å². The van der Waals surface area contributed by atoms with Crippen LogP contribution >= 0.6 is 0 Å². The molecule has 9 heteroatoms. The van der Waals surface area contributed by atoms with Gasteiger partial charge >= 0.3 is 5.97 Å². The predicted octanol–water partition coefficient (Wildman–Crippen LogP) is 0.917. The highest BCUT2D eigenvalue weighted by Gasteiger charge is 2.14. The van der Waals surface area contributed by atoms with E-state index in [9.17, 15) is 13.2 Å². The number of rotatable bonds is 3. The maximum absolute atomic E-state index is 11.5. The van der Waals surface area contributed by atoms with Crippen molar-refractivity contribution >= 4 is 26.8 Å². The van der Waals surface area contributed by atoms with Crippen LogP contribution in [-0.4, -0.2) is 45.3 Å². The van der Waals surface area contributed by atoms with E-state index in [1.165, 1.54) is 24.7 Å². The Morgan fingerprint density at radius 3 is 2.68 bits per heavy atom. The van der Waals surface area contributed by atoms with Crippen LogP contribution in [0.5, 0.6) is 0 Å². The van der Waals surface area contributed by atoms with Gasteiger partial charge in [0.1, 0.15) is 12.1 Å². The van der Waals surface area contributed by atoms with Crippen LogP contribution in [0.3, 0.4) is 0 Å². The minimum atomic E-state index is -3.52. The largest absolute Gasteiger partial charge is 0.478 e. The van der Waals surface area contributed by atoms with Crippen molar-refractivity contribution in [1.29, 1.82) is 0 Å². The lowest BCUT2D eigenvalue weighted by Gasteiger charge is -2.04. The Hall–Kier alpha value is -2.81. The quantitative estimate of drug-likeness (QED) is 0.714. The molecule has 0 aliphatic carbocycles. The molecule has 0 radical (unpaired) electrons. The molecule has 2 aromatic heterocycles. The van der Waals surface area contributed by atoms with Gasteiger partial charge in [0.25, 0.3) is 0 Å². The number of aromatic nitrogens is 4. The van der Waals surface area contributed by atoms with E-state index in [2.05, 4.69) is 15.0 Å². The Labute approximate surface area is 125 Å². The van der Waals surface area contributed by atoms with E-state index >= 15 is 0 Å². The lowest BCUT2D eigenvalue weighted by atomic mass is 10.2. The molecule has 8 nitrogen and oxygen atoms in total. The Bertz CT molecular complexity index is 994. The Morgan fingerprint density at radius 1 is 1.23 bits per heavy atom. The first-order valence-corrected chi connectivity index (χ1v) is 7.99. The molecule has 0 bridgehead atoms. The highest BCUT2D eigenvalue weighted by atomic mass is 32.2. The number of carboxylic acids is 1. The molecular formula is C13H10N4O4S. The molecule has 0 saturated carbocycles. The zero-order valence-electron chi connectivity index (χ0n) is 11.3. The maximum Gasteiger partial charge on any atom is 0.335 e. The molecule has 0 aliphatic heterocycles. The van der Waals surface area contributed by atoms with Crippen LogP contribution in [0, 0.1) is 0 Å². The SMILES string of the molecule is CS(=O)(=O)c1nccc(-n2cnc3cc(C(=O)O)ccc32)n1. The van der Waals surface area contributed by atoms with Crippen molar-refractivity contribution in [1.82, 2.24) is 19.5 Å². The summed E-state index contributed by atoms with van der Waals surface area (Å²) in [6.07, 6.45) is 3.82. The summed E-state index contributed by atoms with van der Waals surface area (Å²) >= 11 is 0. The van der Waals surface area contributed by atoms with E-state index in [4.69, 9.17) is 5.11 Å². The number of fused-ring (bicyclic) bond motifs is 1. The number of carboxylic acid groups (broad SMARTS) is 1. The molecule has 2 heterocycles. The van der Waals surface area contributed by atoms with Crippen LogP contribution in [0.1, 0.15) is 10.4 Å². The van der Waals surface area contributed by atoms with Crippen LogP contribution in [0.4, 0.5) is 0 Å². The molecule has 0 unspecified atom stereocenters. The van der Waals surface area contributed by atoms with Gasteiger partial charge in [-0.1, -0.05) is 0 Å². The summed E-state index contributed by atoms with van der Waals surface area (Å²) in [7, 11) is -3.52. The van der Waals surface area contributed by atoms with E-state index in [1.807, 2.05) is 0 Å². The molecule has 0 fully saturated rings. The van der Waals surface area contributed by atoms with E-state index in [-0.39, 0.29) is 10.7 Å². The molecular weight excluding hydrogens is 308 g/mol. The van der Waals surface area contributed by atoms with Crippen LogP contribution < -0.4 is 0 Å². The molecule has 0 amide bonds. The van der Waals surface area contributed by atoms with Gasteiger partial charge < -0.3 is 5.11 Å². The number of hydrogen-bond acceptors (Lipinski definition) is 6. The highest BCUT2D eigenvalue weighted by Crippen LogP contribution is 2.19. The number of hydrogen-bond donors (Lipinski definition) is 1. The zero-order valence-corrected chi connectivity index (χ0v) is 12.1. The van der Waals surface area contributed by atoms with Gasteiger partial charge in [-0.05, 0) is 24.3 Å². The number of carbonyl (C=O) groups is 1. The van der Waals surface area contributed by atoms with Gasteiger partial charge in [0.05, 0.1) is 16.6 Å². The molecule has 3 rings (SSSR count). The molecule has 0 saturated heterocycles. The third kappa shape index (κ3) is 2.42. The van der Waals surface area contributed by atoms with Crippen molar-refractivity contribution in [2.75, 3.05) is 6.26 Å². The third-order valence-electron chi connectivity index (χ3n) is 2.99. The van der Waals surface area contributed by atoms with Crippen molar-refractivity contribution in [2.24, 2.45) is 0 Å². The van der Waals surface area contributed by atoms with Gasteiger partial charge in [0.2, 0.25) is 15.0 Å². The average molecular weight is 318 g/mol. The number of nitrogens with zero attached hydrogens (tertiary/aromatic N) is 4. The first-order valence-electron chi connectivity index (χ1n) is 6.10. The molecule has 22 heavy (non-hydrogen) atoms. The van der Waals surface area contributed by atoms with Crippen LogP contribution in [-0.2, 0) is 9.84 Å². The molecule has 0 aliphatic rings. The molecule has 3 aromatic rings. The lowest BCUT2D eigenvalue weighted by molar-refractivity contribution is 0.0697. The summed E-state index contributed by atoms with van der Waals surface area (Å²) in [6, 6.07) is 6.02. The standard InChI is InChI=1S/C13H10N4O4S/c1-22(20,21)13-14-5-4-11(16-13)17-7-15-9-6-8(12(18)19)2-3-10(9)17/h2-7H,1H3,(H,18,19). The summed E-state index contributed by atoms with van der Waals surface area (Å²) in [5.41, 5.74) is 1.21. The second-order valence-corrected chi connectivity index (χ2v) is 6.50. The van der Waals surface area contributed by atoms with Gasteiger partial charge in [0.15, 0.2) is 0 Å². The summed E-state index contributed by atoms with van der Waals surface area (Å²) < 4.78 is 24.6. The van der Waals surface area contributed by atoms with Crippen LogP contribution in [0.2, 0.25) is 0 Å². The fourth-order valence-corrected chi connectivity index (χ4v) is 2.48. The Morgan fingerprint density at radius 2 is 2.00 bits per heavy atom. The van der Waals surface area contributed by atoms with Gasteiger partial charge in [0, 0.05) is 12.5 Å². The van der Waals surface area contributed by atoms with Crippen LogP contribution in [0.15, 0.2) is 41.9 Å². The van der Waals surface area contributed by atoms with Crippen molar-refractivity contribution in [3.8, 4) is 5.82 Å². The smallest absolute Gasteiger partial charge is 0.335 e. The summed E-state index contributed by atoms with van der Waals surface area (Å²) in [5, 5.41) is 8.69. The topological polar surface area (TPSA) is 115 Å². The average Bonchev–Trinajstić information content (AvgIpc) is 2.89. The van der Waals surface area contributed by atoms with E-state index in [1.54, 1.807) is 16.7 Å². The molecule has 112 valence electrons. The van der Waals surface area contributed by atoms with E-state index in [0.29, 0.717) is 16.9 Å². The van der Waals surface area contributed by atoms with Gasteiger partial charge in [-0.15, -0.1) is 0 Å². The summed E-state index contributed by atoms with van der Waals surface area (Å²) in [6.45, 7) is 0. The number of sulfone groups is 1. The van der Waals surface area contributed by atoms with Crippen molar-refractivity contribution in [2.45, 2.75) is 5.16 Å². The van der Waals surface area contributed by atoms with Gasteiger partial charge in [-0.2, -0.15) is 0 Å². The predicted molar refractivity (Wildman–Crippen MR) is 76.7 cm³/mol. The summed E-state index contributed by atoms with van der Waals surface area (Å²) in [5.74, 6) is -0.709. The Balaban J connectivity index is 2.17. The summed E-state index contributed by atoms with van der Waals surface area (Å²) in [4.78, 5) is 22.8. The van der Waals surface area contributed by atoms with Crippen molar-refractivity contribution in [3.05, 3.63) is 42.4 Å². The fraction of sp³-hybridized carbons (Fsp3) is 0.0769. The molecule has 0 atom stereocenters. The second-order valence-electron chi connectivity index (χ2n) is 4.59.